The molecule has 2 nitrogen and oxygen atoms in total. The standard InChI is InChI=1S/C56H37NO/c1-2-10-38(11-3-1)43-13-8-14-44(36-43)39-20-28-46(29-21-39)57(47-30-22-40(23-31-47)45-27-35-54-53-16-6-7-19-55(53)58-56(54)37-45)48-32-24-42(25-33-48)50-17-9-18-51-49-15-5-4-12-41(49)26-34-52(50)51/h1-37H. The zero-order valence-electron chi connectivity index (χ0n) is 31.7. The van der Waals surface area contributed by atoms with Gasteiger partial charge in [-0.2, -0.15) is 0 Å². The number of fused-ring (bicyclic) bond motifs is 6. The van der Waals surface area contributed by atoms with Gasteiger partial charge in [-0.05, 0) is 127 Å². The molecule has 0 saturated carbocycles. The highest BCUT2D eigenvalue weighted by molar-refractivity contribution is 6.12. The Morgan fingerprint density at radius 1 is 0.259 bits per heavy atom. The summed E-state index contributed by atoms with van der Waals surface area (Å²) in [6, 6.07) is 80.7. The van der Waals surface area contributed by atoms with E-state index in [0.717, 1.165) is 50.1 Å². The van der Waals surface area contributed by atoms with E-state index >= 15 is 0 Å². The third kappa shape index (κ3) is 6.00. The molecule has 2 heteroatoms. The van der Waals surface area contributed by atoms with E-state index in [4.69, 9.17) is 4.42 Å². The first-order valence-electron chi connectivity index (χ1n) is 19.8. The molecule has 0 fully saturated rings. The normalized spacial score (nSPS) is 11.4. The van der Waals surface area contributed by atoms with Crippen molar-refractivity contribution in [2.24, 2.45) is 0 Å². The maximum Gasteiger partial charge on any atom is 0.136 e. The largest absolute Gasteiger partial charge is 0.456 e. The lowest BCUT2D eigenvalue weighted by molar-refractivity contribution is 0.669. The van der Waals surface area contributed by atoms with E-state index in [-0.39, 0.29) is 0 Å². The fraction of sp³-hybridized carbons (Fsp3) is 0. The van der Waals surface area contributed by atoms with Gasteiger partial charge in [0.25, 0.3) is 0 Å². The third-order valence-electron chi connectivity index (χ3n) is 11.5. The Hall–Kier alpha value is -7.68. The van der Waals surface area contributed by atoms with Gasteiger partial charge in [-0.15, -0.1) is 0 Å². The van der Waals surface area contributed by atoms with Crippen molar-refractivity contribution in [3.8, 4) is 44.5 Å². The molecule has 0 N–H and O–H groups in total. The summed E-state index contributed by atoms with van der Waals surface area (Å²) in [7, 11) is 0. The van der Waals surface area contributed by atoms with Crippen LogP contribution in [0.1, 0.15) is 0 Å². The number of hydrogen-bond acceptors (Lipinski definition) is 2. The molecule has 272 valence electrons. The summed E-state index contributed by atoms with van der Waals surface area (Å²) in [5, 5.41) is 7.35. The smallest absolute Gasteiger partial charge is 0.136 e. The third-order valence-corrected chi connectivity index (χ3v) is 11.5. The molecule has 0 bridgehead atoms. The minimum absolute atomic E-state index is 0.901. The highest BCUT2D eigenvalue weighted by Gasteiger charge is 2.16. The monoisotopic (exact) mass is 739 g/mol. The average Bonchev–Trinajstić information content (AvgIpc) is 3.68. The first-order chi connectivity index (χ1) is 28.7. The topological polar surface area (TPSA) is 16.4 Å². The van der Waals surface area contributed by atoms with Crippen LogP contribution in [-0.4, -0.2) is 0 Å². The van der Waals surface area contributed by atoms with Gasteiger partial charge >= 0.3 is 0 Å². The summed E-state index contributed by atoms with van der Waals surface area (Å²) in [4.78, 5) is 2.34. The van der Waals surface area contributed by atoms with E-state index in [1.165, 1.54) is 54.9 Å². The molecule has 11 aromatic rings. The van der Waals surface area contributed by atoms with Gasteiger partial charge in [-0.25, -0.2) is 0 Å². The molecule has 0 radical (unpaired) electrons. The predicted molar refractivity (Wildman–Crippen MR) is 245 cm³/mol. The van der Waals surface area contributed by atoms with Crippen LogP contribution >= 0.6 is 0 Å². The Balaban J connectivity index is 0.970. The summed E-state index contributed by atoms with van der Waals surface area (Å²) < 4.78 is 6.24. The van der Waals surface area contributed by atoms with E-state index in [1.807, 2.05) is 12.1 Å². The molecule has 0 atom stereocenters. The Labute approximate surface area is 337 Å². The summed E-state index contributed by atoms with van der Waals surface area (Å²) in [5.41, 5.74) is 14.5. The van der Waals surface area contributed by atoms with Crippen molar-refractivity contribution >= 4 is 60.5 Å². The second-order valence-electron chi connectivity index (χ2n) is 14.9. The van der Waals surface area contributed by atoms with E-state index in [0.29, 0.717) is 0 Å². The summed E-state index contributed by atoms with van der Waals surface area (Å²) in [6.07, 6.45) is 0. The van der Waals surface area contributed by atoms with Gasteiger partial charge < -0.3 is 9.32 Å². The van der Waals surface area contributed by atoms with Crippen LogP contribution in [-0.2, 0) is 0 Å². The van der Waals surface area contributed by atoms with E-state index in [9.17, 15) is 0 Å². The minimum atomic E-state index is 0.901. The maximum absolute atomic E-state index is 6.24. The molecule has 1 heterocycles. The Morgan fingerprint density at radius 2 is 0.741 bits per heavy atom. The quantitative estimate of drug-likeness (QED) is 0.151. The lowest BCUT2D eigenvalue weighted by atomic mass is 9.94. The molecule has 0 amide bonds. The van der Waals surface area contributed by atoms with Crippen LogP contribution in [0.4, 0.5) is 17.1 Å². The lowest BCUT2D eigenvalue weighted by Gasteiger charge is -2.26. The maximum atomic E-state index is 6.24. The first-order valence-corrected chi connectivity index (χ1v) is 19.8. The lowest BCUT2D eigenvalue weighted by Crippen LogP contribution is -2.09. The predicted octanol–water partition coefficient (Wildman–Crippen LogP) is 16.0. The fourth-order valence-electron chi connectivity index (χ4n) is 8.55. The van der Waals surface area contributed by atoms with Crippen LogP contribution < -0.4 is 4.90 Å². The van der Waals surface area contributed by atoms with Crippen LogP contribution in [0.25, 0.3) is 88.0 Å². The zero-order chi connectivity index (χ0) is 38.4. The summed E-state index contributed by atoms with van der Waals surface area (Å²) >= 11 is 0. The highest BCUT2D eigenvalue weighted by Crippen LogP contribution is 2.40. The van der Waals surface area contributed by atoms with Crippen LogP contribution in [0.3, 0.4) is 0 Å². The van der Waals surface area contributed by atoms with Crippen molar-refractivity contribution in [1.82, 2.24) is 0 Å². The van der Waals surface area contributed by atoms with E-state index in [2.05, 4.69) is 217 Å². The van der Waals surface area contributed by atoms with Crippen molar-refractivity contribution in [3.63, 3.8) is 0 Å². The number of nitrogens with zero attached hydrogens (tertiary/aromatic N) is 1. The van der Waals surface area contributed by atoms with Crippen molar-refractivity contribution in [3.05, 3.63) is 224 Å². The second-order valence-corrected chi connectivity index (χ2v) is 14.9. The summed E-state index contributed by atoms with van der Waals surface area (Å²) in [5.74, 6) is 0. The zero-order valence-corrected chi connectivity index (χ0v) is 31.7. The van der Waals surface area contributed by atoms with Crippen molar-refractivity contribution < 1.29 is 4.42 Å². The molecule has 11 rings (SSSR count). The molecule has 0 saturated heterocycles. The molecule has 0 unspecified atom stereocenters. The van der Waals surface area contributed by atoms with Gasteiger partial charge in [0.1, 0.15) is 11.2 Å². The number of hydrogen-bond donors (Lipinski definition) is 0. The number of anilines is 3. The van der Waals surface area contributed by atoms with Gasteiger partial charge in [-0.3, -0.25) is 0 Å². The van der Waals surface area contributed by atoms with Crippen molar-refractivity contribution in [2.45, 2.75) is 0 Å². The molecule has 58 heavy (non-hydrogen) atoms. The number of rotatable bonds is 7. The minimum Gasteiger partial charge on any atom is -0.456 e. The molecule has 0 aliphatic heterocycles. The van der Waals surface area contributed by atoms with Gasteiger partial charge in [0.15, 0.2) is 0 Å². The van der Waals surface area contributed by atoms with Crippen molar-refractivity contribution in [2.75, 3.05) is 4.90 Å². The van der Waals surface area contributed by atoms with Gasteiger partial charge in [0.05, 0.1) is 0 Å². The SMILES string of the molecule is c1ccc(-c2cccc(-c3ccc(N(c4ccc(-c5ccc6c(c5)oc5ccccc56)cc4)c4ccc(-c5cccc6c5ccc5ccccc56)cc4)cc3)c2)cc1. The first kappa shape index (κ1) is 33.6. The van der Waals surface area contributed by atoms with E-state index in [1.54, 1.807) is 0 Å². The number of para-hydroxylation sites is 1. The van der Waals surface area contributed by atoms with Crippen LogP contribution in [0, 0.1) is 0 Å². The molecule has 10 aromatic carbocycles. The van der Waals surface area contributed by atoms with Crippen LogP contribution in [0.5, 0.6) is 0 Å². The summed E-state index contributed by atoms with van der Waals surface area (Å²) in [6.45, 7) is 0. The van der Waals surface area contributed by atoms with Crippen LogP contribution in [0.2, 0.25) is 0 Å². The van der Waals surface area contributed by atoms with Crippen LogP contribution in [0.15, 0.2) is 229 Å². The number of benzene rings is 10. The second kappa shape index (κ2) is 14.1. The molecule has 0 aliphatic rings. The Kier molecular flexibility index (Phi) is 8.19. The van der Waals surface area contributed by atoms with Crippen molar-refractivity contribution in [1.29, 1.82) is 0 Å². The average molecular weight is 740 g/mol. The Morgan fingerprint density at radius 3 is 1.45 bits per heavy atom. The van der Waals surface area contributed by atoms with Gasteiger partial charge in [0, 0.05) is 27.8 Å². The molecule has 0 spiro atoms. The van der Waals surface area contributed by atoms with E-state index < -0.39 is 0 Å². The van der Waals surface area contributed by atoms with Gasteiger partial charge in [-0.1, -0.05) is 164 Å². The molecule has 0 aliphatic carbocycles. The molecular weight excluding hydrogens is 703 g/mol. The fourth-order valence-corrected chi connectivity index (χ4v) is 8.55. The molecular formula is C56H37NO. The van der Waals surface area contributed by atoms with Gasteiger partial charge in [0.2, 0.25) is 0 Å². The molecule has 1 aromatic heterocycles. The Bertz CT molecular complexity index is 3250. The highest BCUT2D eigenvalue weighted by atomic mass is 16.3. The number of furan rings is 1.